The summed E-state index contributed by atoms with van der Waals surface area (Å²) < 4.78 is 18.9. The summed E-state index contributed by atoms with van der Waals surface area (Å²) in [5, 5.41) is 15.2. The topological polar surface area (TPSA) is 92.3 Å². The lowest BCUT2D eigenvalue weighted by Gasteiger charge is -2.43. The van der Waals surface area contributed by atoms with Gasteiger partial charge in [-0.3, -0.25) is 4.90 Å². The summed E-state index contributed by atoms with van der Waals surface area (Å²) in [6.07, 6.45) is -0.705. The van der Waals surface area contributed by atoms with Crippen LogP contribution in [0.3, 0.4) is 0 Å². The van der Waals surface area contributed by atoms with Gasteiger partial charge in [0.2, 0.25) is 0 Å². The Balaban J connectivity index is 1.38. The van der Waals surface area contributed by atoms with Gasteiger partial charge in [-0.25, -0.2) is 4.79 Å². The number of ether oxygens (including phenoxy) is 3. The van der Waals surface area contributed by atoms with Gasteiger partial charge in [-0.15, -0.1) is 0 Å². The first-order valence-corrected chi connectivity index (χ1v) is 14.6. The number of urea groups is 1. The fourth-order valence-corrected chi connectivity index (χ4v) is 5.50. The molecule has 4 atom stereocenters. The molecule has 2 heterocycles. The Morgan fingerprint density at radius 1 is 0.902 bits per heavy atom. The summed E-state index contributed by atoms with van der Waals surface area (Å²) in [7, 11) is 0. The molecule has 3 N–H and O–H groups in total. The summed E-state index contributed by atoms with van der Waals surface area (Å²) in [5.41, 5.74) is 6.07. The van der Waals surface area contributed by atoms with E-state index in [2.05, 4.69) is 64.9 Å². The molecule has 8 heteroatoms. The number of hydrogen-bond donors (Lipinski definition) is 3. The third-order valence-electron chi connectivity index (χ3n) is 7.87. The van der Waals surface area contributed by atoms with Crippen LogP contribution in [-0.2, 0) is 27.4 Å². The van der Waals surface area contributed by atoms with Gasteiger partial charge >= 0.3 is 6.03 Å². The molecule has 4 unspecified atom stereocenters. The number of nitrogens with zero attached hydrogens (tertiary/aromatic N) is 1. The number of aliphatic hydroxyl groups is 1. The number of amides is 2. The van der Waals surface area contributed by atoms with Crippen LogP contribution in [0.5, 0.6) is 0 Å². The Kier molecular flexibility index (Phi) is 10.0. The fourth-order valence-electron chi connectivity index (χ4n) is 5.50. The molecule has 2 saturated heterocycles. The maximum absolute atomic E-state index is 11.9. The van der Waals surface area contributed by atoms with E-state index in [1.165, 1.54) is 0 Å². The third-order valence-corrected chi connectivity index (χ3v) is 7.87. The molecule has 0 saturated carbocycles. The summed E-state index contributed by atoms with van der Waals surface area (Å²) in [4.78, 5) is 14.3. The Hall–Kier alpha value is -3.27. The number of nitrogens with one attached hydrogen (secondary N) is 2. The molecule has 2 aliphatic rings. The van der Waals surface area contributed by atoms with Gasteiger partial charge in [0.15, 0.2) is 6.29 Å². The molecule has 0 radical (unpaired) electrons. The van der Waals surface area contributed by atoms with Crippen LogP contribution < -0.4 is 10.6 Å². The Bertz CT molecular complexity index is 1280. The van der Waals surface area contributed by atoms with Crippen LogP contribution in [0.15, 0.2) is 72.8 Å². The van der Waals surface area contributed by atoms with Crippen molar-refractivity contribution in [3.05, 3.63) is 95.1 Å². The van der Waals surface area contributed by atoms with Gasteiger partial charge in [0.25, 0.3) is 0 Å². The number of carbonyl (C=O) groups is 1. The maximum Gasteiger partial charge on any atom is 0.315 e. The van der Waals surface area contributed by atoms with E-state index < -0.39 is 6.29 Å². The Morgan fingerprint density at radius 2 is 1.63 bits per heavy atom. The third kappa shape index (κ3) is 7.52. The zero-order chi connectivity index (χ0) is 28.6. The standard InChI is InChI=1S/C33H41N3O5/c1-3-34-33(38)35-20-25-6-4-7-27(18-25)28-8-5-9-29(19-28)32-40-30(21-36-14-16-39-17-15-36)23(2)31(41-32)26-12-10-24(22-37)11-13-26/h4-13,18-19,23,30-32,37H,3,14-17,20-22H2,1-2H3,(H2,34,35,38). The van der Waals surface area contributed by atoms with Crippen molar-refractivity contribution in [3.63, 3.8) is 0 Å². The van der Waals surface area contributed by atoms with E-state index in [4.69, 9.17) is 14.2 Å². The highest BCUT2D eigenvalue weighted by Gasteiger charge is 2.39. The molecule has 2 aliphatic heterocycles. The number of rotatable bonds is 9. The van der Waals surface area contributed by atoms with Crippen LogP contribution in [0, 0.1) is 5.92 Å². The van der Waals surface area contributed by atoms with E-state index in [9.17, 15) is 9.90 Å². The molecule has 5 rings (SSSR count). The van der Waals surface area contributed by atoms with E-state index in [0.29, 0.717) is 13.1 Å². The molecule has 0 aliphatic carbocycles. The van der Waals surface area contributed by atoms with Gasteiger partial charge in [0.1, 0.15) is 0 Å². The predicted molar refractivity (Wildman–Crippen MR) is 158 cm³/mol. The van der Waals surface area contributed by atoms with Crippen LogP contribution in [-0.4, -0.2) is 61.5 Å². The summed E-state index contributed by atoms with van der Waals surface area (Å²) in [5.74, 6) is 0.131. The second-order valence-electron chi connectivity index (χ2n) is 10.8. The molecule has 8 nitrogen and oxygen atoms in total. The Morgan fingerprint density at radius 3 is 2.37 bits per heavy atom. The molecular formula is C33H41N3O5. The molecule has 0 spiro atoms. The average molecular weight is 560 g/mol. The average Bonchev–Trinajstić information content (AvgIpc) is 3.02. The molecule has 218 valence electrons. The van der Waals surface area contributed by atoms with Crippen LogP contribution >= 0.6 is 0 Å². The van der Waals surface area contributed by atoms with E-state index in [1.54, 1.807) is 0 Å². The van der Waals surface area contributed by atoms with Gasteiger partial charge in [-0.1, -0.05) is 67.6 Å². The van der Waals surface area contributed by atoms with Crippen molar-refractivity contribution in [2.75, 3.05) is 39.4 Å². The minimum atomic E-state index is -0.526. The lowest BCUT2D eigenvalue weighted by molar-refractivity contribution is -0.277. The minimum absolute atomic E-state index is 0.0166. The molecular weight excluding hydrogens is 518 g/mol. The highest BCUT2D eigenvalue weighted by molar-refractivity contribution is 5.74. The first kappa shape index (κ1) is 29.2. The first-order valence-electron chi connectivity index (χ1n) is 14.6. The van der Waals surface area contributed by atoms with Crippen molar-refractivity contribution >= 4 is 6.03 Å². The summed E-state index contributed by atoms with van der Waals surface area (Å²) >= 11 is 0. The molecule has 0 aromatic heterocycles. The lowest BCUT2D eigenvalue weighted by Crippen LogP contribution is -2.47. The van der Waals surface area contributed by atoms with Crippen LogP contribution in [0.4, 0.5) is 4.79 Å². The predicted octanol–water partition coefficient (Wildman–Crippen LogP) is 4.79. The van der Waals surface area contributed by atoms with Crippen LogP contribution in [0.2, 0.25) is 0 Å². The smallest absolute Gasteiger partial charge is 0.315 e. The zero-order valence-electron chi connectivity index (χ0n) is 23.9. The molecule has 0 bridgehead atoms. The van der Waals surface area contributed by atoms with E-state index in [0.717, 1.165) is 66.2 Å². The highest BCUT2D eigenvalue weighted by Crippen LogP contribution is 2.42. The highest BCUT2D eigenvalue weighted by atomic mass is 16.7. The fraction of sp³-hybridized carbons (Fsp3) is 0.424. The summed E-state index contributed by atoms with van der Waals surface area (Å²) in [6, 6.07) is 24.4. The number of carbonyl (C=O) groups excluding carboxylic acids is 1. The second-order valence-corrected chi connectivity index (χ2v) is 10.8. The van der Waals surface area contributed by atoms with Crippen molar-refractivity contribution in [1.29, 1.82) is 0 Å². The van der Waals surface area contributed by atoms with E-state index in [-0.39, 0.29) is 30.8 Å². The Labute approximate surface area is 242 Å². The minimum Gasteiger partial charge on any atom is -0.392 e. The largest absolute Gasteiger partial charge is 0.392 e. The number of aliphatic hydroxyl groups excluding tert-OH is 1. The number of hydrogen-bond acceptors (Lipinski definition) is 6. The normalized spacial score (nSPS) is 23.2. The van der Waals surface area contributed by atoms with Gasteiger partial charge in [0.05, 0.1) is 32.0 Å². The lowest BCUT2D eigenvalue weighted by atomic mass is 9.89. The first-order chi connectivity index (χ1) is 20.0. The van der Waals surface area contributed by atoms with Crippen LogP contribution in [0.25, 0.3) is 11.1 Å². The van der Waals surface area contributed by atoms with Gasteiger partial charge in [-0.05, 0) is 46.9 Å². The second kappa shape index (κ2) is 14.1. The van der Waals surface area contributed by atoms with Crippen molar-refractivity contribution in [3.8, 4) is 11.1 Å². The molecule has 3 aromatic rings. The van der Waals surface area contributed by atoms with Crippen molar-refractivity contribution in [1.82, 2.24) is 15.5 Å². The number of morpholine rings is 1. The van der Waals surface area contributed by atoms with Gasteiger partial charge in [0, 0.05) is 44.2 Å². The molecule has 41 heavy (non-hydrogen) atoms. The van der Waals surface area contributed by atoms with Gasteiger partial charge in [-0.2, -0.15) is 0 Å². The zero-order valence-corrected chi connectivity index (χ0v) is 23.9. The molecule has 2 amide bonds. The van der Waals surface area contributed by atoms with Gasteiger partial charge < -0.3 is 30.0 Å². The van der Waals surface area contributed by atoms with E-state index in [1.807, 2.05) is 37.3 Å². The van der Waals surface area contributed by atoms with Crippen molar-refractivity contribution in [2.45, 2.75) is 45.5 Å². The summed E-state index contributed by atoms with van der Waals surface area (Å²) in [6.45, 7) is 9.25. The van der Waals surface area contributed by atoms with Crippen LogP contribution in [0.1, 0.15) is 48.5 Å². The SMILES string of the molecule is CCNC(=O)NCc1cccc(-c2cccc(C3OC(CN4CCOCC4)C(C)C(c4ccc(CO)cc4)O3)c2)c1. The monoisotopic (exact) mass is 559 g/mol. The number of benzene rings is 3. The van der Waals surface area contributed by atoms with Crippen molar-refractivity contribution < 1.29 is 24.1 Å². The van der Waals surface area contributed by atoms with E-state index >= 15 is 0 Å². The molecule has 3 aromatic carbocycles. The maximum atomic E-state index is 11.9. The molecule has 2 fully saturated rings. The van der Waals surface area contributed by atoms with Crippen molar-refractivity contribution in [2.24, 2.45) is 5.92 Å². The quantitative estimate of drug-likeness (QED) is 0.349.